The van der Waals surface area contributed by atoms with E-state index >= 15 is 0 Å². The van der Waals surface area contributed by atoms with Crippen LogP contribution in [0.1, 0.15) is 19.3 Å². The lowest BCUT2D eigenvalue weighted by Gasteiger charge is -2.25. The first-order valence-corrected chi connectivity index (χ1v) is 6.26. The summed E-state index contributed by atoms with van der Waals surface area (Å²) in [6, 6.07) is 10.4. The molecule has 17 heavy (non-hydrogen) atoms. The normalized spacial score (nSPS) is 15.5. The monoisotopic (exact) mass is 227 g/mol. The van der Waals surface area contributed by atoms with Crippen LogP contribution in [0, 0.1) is 5.92 Å². The van der Waals surface area contributed by atoms with Gasteiger partial charge in [-0.15, -0.1) is 0 Å². The van der Waals surface area contributed by atoms with Gasteiger partial charge in [0.05, 0.1) is 5.69 Å². The summed E-state index contributed by atoms with van der Waals surface area (Å²) >= 11 is 0. The standard InChI is InChI=1S/C14H17N3/c1-3-12(4-1)11-15-13-5-7-14(8-6-13)17-10-2-9-16-17/h2,5-10,12,15H,1,3-4,11H2. The van der Waals surface area contributed by atoms with Crippen molar-refractivity contribution in [3.63, 3.8) is 0 Å². The molecule has 0 atom stereocenters. The van der Waals surface area contributed by atoms with E-state index in [0.717, 1.165) is 18.2 Å². The minimum Gasteiger partial charge on any atom is -0.385 e. The molecule has 3 rings (SSSR count). The highest BCUT2D eigenvalue weighted by atomic mass is 15.3. The molecule has 1 aromatic heterocycles. The summed E-state index contributed by atoms with van der Waals surface area (Å²) in [6.07, 6.45) is 7.93. The minimum atomic E-state index is 0.890. The molecule has 1 saturated carbocycles. The average molecular weight is 227 g/mol. The van der Waals surface area contributed by atoms with Crippen molar-refractivity contribution in [2.45, 2.75) is 19.3 Å². The highest BCUT2D eigenvalue weighted by Gasteiger charge is 2.16. The third kappa shape index (κ3) is 2.33. The Balaban J connectivity index is 1.63. The Kier molecular flexibility index (Phi) is 2.82. The number of hydrogen-bond acceptors (Lipinski definition) is 2. The maximum Gasteiger partial charge on any atom is 0.0647 e. The van der Waals surface area contributed by atoms with Gasteiger partial charge in [-0.3, -0.25) is 0 Å². The van der Waals surface area contributed by atoms with Gasteiger partial charge in [-0.1, -0.05) is 6.42 Å². The summed E-state index contributed by atoms with van der Waals surface area (Å²) in [5, 5.41) is 7.70. The number of anilines is 1. The van der Waals surface area contributed by atoms with Gasteiger partial charge in [0.2, 0.25) is 0 Å². The fourth-order valence-corrected chi connectivity index (χ4v) is 2.11. The first-order valence-electron chi connectivity index (χ1n) is 6.26. The van der Waals surface area contributed by atoms with Gasteiger partial charge >= 0.3 is 0 Å². The molecule has 0 bridgehead atoms. The van der Waals surface area contributed by atoms with E-state index in [1.54, 1.807) is 6.20 Å². The van der Waals surface area contributed by atoms with E-state index in [1.807, 2.05) is 16.9 Å². The van der Waals surface area contributed by atoms with Gasteiger partial charge in [-0.2, -0.15) is 5.10 Å². The van der Waals surface area contributed by atoms with Gasteiger partial charge in [0.15, 0.2) is 0 Å². The van der Waals surface area contributed by atoms with Crippen LogP contribution in [-0.2, 0) is 0 Å². The van der Waals surface area contributed by atoms with Crippen molar-refractivity contribution in [3.8, 4) is 5.69 Å². The summed E-state index contributed by atoms with van der Waals surface area (Å²) in [4.78, 5) is 0. The Hall–Kier alpha value is -1.77. The highest BCUT2D eigenvalue weighted by molar-refractivity contribution is 5.48. The van der Waals surface area contributed by atoms with E-state index in [1.165, 1.54) is 24.9 Å². The third-order valence-electron chi connectivity index (χ3n) is 3.46. The molecule has 3 heteroatoms. The van der Waals surface area contributed by atoms with Crippen LogP contribution in [0.2, 0.25) is 0 Å². The van der Waals surface area contributed by atoms with Gasteiger partial charge in [0.25, 0.3) is 0 Å². The van der Waals surface area contributed by atoms with Gasteiger partial charge in [0, 0.05) is 24.6 Å². The second-order valence-electron chi connectivity index (χ2n) is 4.68. The maximum absolute atomic E-state index is 4.21. The van der Waals surface area contributed by atoms with Gasteiger partial charge in [-0.05, 0) is 49.1 Å². The fourth-order valence-electron chi connectivity index (χ4n) is 2.11. The lowest BCUT2D eigenvalue weighted by atomic mass is 9.85. The van der Waals surface area contributed by atoms with Crippen LogP contribution in [0.3, 0.4) is 0 Å². The number of benzene rings is 1. The Morgan fingerprint density at radius 1 is 1.24 bits per heavy atom. The molecule has 0 saturated heterocycles. The quantitative estimate of drug-likeness (QED) is 0.869. The van der Waals surface area contributed by atoms with E-state index in [-0.39, 0.29) is 0 Å². The van der Waals surface area contributed by atoms with Crippen LogP contribution < -0.4 is 5.32 Å². The largest absolute Gasteiger partial charge is 0.385 e. The van der Waals surface area contributed by atoms with Crippen LogP contribution >= 0.6 is 0 Å². The van der Waals surface area contributed by atoms with Gasteiger partial charge in [-0.25, -0.2) is 4.68 Å². The van der Waals surface area contributed by atoms with E-state index < -0.39 is 0 Å². The van der Waals surface area contributed by atoms with Gasteiger partial charge < -0.3 is 5.32 Å². The molecule has 0 spiro atoms. The molecule has 0 radical (unpaired) electrons. The molecule has 0 amide bonds. The molecule has 0 unspecified atom stereocenters. The summed E-state index contributed by atoms with van der Waals surface area (Å²) in [7, 11) is 0. The predicted octanol–water partition coefficient (Wildman–Crippen LogP) is 3.08. The molecule has 1 heterocycles. The minimum absolute atomic E-state index is 0.890. The van der Waals surface area contributed by atoms with Crippen LogP contribution in [0.5, 0.6) is 0 Å². The SMILES string of the molecule is c1cnn(-c2ccc(NCC3CCC3)cc2)c1. The number of rotatable bonds is 4. The Morgan fingerprint density at radius 2 is 2.06 bits per heavy atom. The van der Waals surface area contributed by atoms with E-state index in [9.17, 15) is 0 Å². The zero-order valence-corrected chi connectivity index (χ0v) is 9.84. The van der Waals surface area contributed by atoms with Crippen LogP contribution in [0.4, 0.5) is 5.69 Å². The van der Waals surface area contributed by atoms with Crippen LogP contribution in [0.25, 0.3) is 5.69 Å². The molecule has 88 valence electrons. The zero-order chi connectivity index (χ0) is 11.5. The topological polar surface area (TPSA) is 29.9 Å². The summed E-state index contributed by atoms with van der Waals surface area (Å²) < 4.78 is 1.87. The van der Waals surface area contributed by atoms with Crippen molar-refractivity contribution >= 4 is 5.69 Å². The second-order valence-corrected chi connectivity index (χ2v) is 4.68. The smallest absolute Gasteiger partial charge is 0.0647 e. The van der Waals surface area contributed by atoms with Crippen molar-refractivity contribution < 1.29 is 0 Å². The molecule has 3 nitrogen and oxygen atoms in total. The molecule has 1 N–H and O–H groups in total. The predicted molar refractivity (Wildman–Crippen MR) is 69.4 cm³/mol. The lowest BCUT2D eigenvalue weighted by molar-refractivity contribution is 0.333. The molecule has 1 aliphatic carbocycles. The lowest BCUT2D eigenvalue weighted by Crippen LogP contribution is -2.20. The van der Waals surface area contributed by atoms with Crippen LogP contribution in [-0.4, -0.2) is 16.3 Å². The maximum atomic E-state index is 4.21. The number of hydrogen-bond donors (Lipinski definition) is 1. The first kappa shape index (κ1) is 10.4. The van der Waals surface area contributed by atoms with Crippen molar-refractivity contribution in [3.05, 3.63) is 42.7 Å². The second kappa shape index (κ2) is 4.62. The van der Waals surface area contributed by atoms with Crippen molar-refractivity contribution in [1.82, 2.24) is 9.78 Å². The number of aromatic nitrogens is 2. The Morgan fingerprint density at radius 3 is 2.65 bits per heavy atom. The Bertz CT molecular complexity index is 455. The zero-order valence-electron chi connectivity index (χ0n) is 9.84. The number of nitrogens with zero attached hydrogens (tertiary/aromatic N) is 2. The summed E-state index contributed by atoms with van der Waals surface area (Å²) in [5.41, 5.74) is 2.30. The van der Waals surface area contributed by atoms with Crippen molar-refractivity contribution in [1.29, 1.82) is 0 Å². The van der Waals surface area contributed by atoms with E-state index in [2.05, 4.69) is 34.7 Å². The molecular formula is C14H17N3. The third-order valence-corrected chi connectivity index (χ3v) is 3.46. The summed E-state index contributed by atoms with van der Waals surface area (Å²) in [6.45, 7) is 1.11. The van der Waals surface area contributed by atoms with E-state index in [4.69, 9.17) is 0 Å². The number of nitrogens with one attached hydrogen (secondary N) is 1. The Labute approximate surface area is 101 Å². The van der Waals surface area contributed by atoms with Crippen molar-refractivity contribution in [2.75, 3.05) is 11.9 Å². The van der Waals surface area contributed by atoms with E-state index in [0.29, 0.717) is 0 Å². The van der Waals surface area contributed by atoms with Crippen LogP contribution in [0.15, 0.2) is 42.7 Å². The molecule has 1 aliphatic rings. The molecule has 0 aliphatic heterocycles. The molecule has 1 fully saturated rings. The average Bonchev–Trinajstić information content (AvgIpc) is 2.81. The molecular weight excluding hydrogens is 210 g/mol. The highest BCUT2D eigenvalue weighted by Crippen LogP contribution is 2.26. The molecule has 1 aromatic carbocycles. The molecule has 2 aromatic rings. The fraction of sp³-hybridized carbons (Fsp3) is 0.357. The first-order chi connectivity index (χ1) is 8.42. The van der Waals surface area contributed by atoms with Gasteiger partial charge in [0.1, 0.15) is 0 Å². The van der Waals surface area contributed by atoms with Crippen molar-refractivity contribution in [2.24, 2.45) is 5.92 Å². The summed E-state index contributed by atoms with van der Waals surface area (Å²) in [5.74, 6) is 0.890.